The summed E-state index contributed by atoms with van der Waals surface area (Å²) in [6.45, 7) is -1.17. The molecule has 22 heavy (non-hydrogen) atoms. The number of halogens is 5. The number of benzene rings is 1. The average molecular weight is 339 g/mol. The minimum Gasteiger partial charge on any atom is -0.369 e. The summed E-state index contributed by atoms with van der Waals surface area (Å²) in [5, 5.41) is -0.0543. The Balaban J connectivity index is 2.26. The number of hydrogen-bond acceptors (Lipinski definition) is 2. The summed E-state index contributed by atoms with van der Waals surface area (Å²) in [6, 6.07) is 2.98. The first kappa shape index (κ1) is 16.5. The summed E-state index contributed by atoms with van der Waals surface area (Å²) >= 11 is 5.62. The van der Waals surface area contributed by atoms with Gasteiger partial charge in [0.05, 0.1) is 11.8 Å². The number of alkyl halides is 3. The van der Waals surface area contributed by atoms with Crippen molar-refractivity contribution >= 4 is 23.4 Å². The van der Waals surface area contributed by atoms with E-state index >= 15 is 0 Å². The Bertz CT molecular complexity index is 600. The van der Waals surface area contributed by atoms with Gasteiger partial charge in [-0.25, -0.2) is 4.39 Å². The van der Waals surface area contributed by atoms with Crippen LogP contribution in [-0.4, -0.2) is 36.0 Å². The molecule has 2 amide bonds. The van der Waals surface area contributed by atoms with Gasteiger partial charge in [-0.1, -0.05) is 11.6 Å². The normalized spacial score (nSPS) is 22.0. The predicted octanol–water partition coefficient (Wildman–Crippen LogP) is 2.21. The molecule has 2 N–H and O–H groups in total. The van der Waals surface area contributed by atoms with Crippen molar-refractivity contribution in [3.8, 4) is 0 Å². The van der Waals surface area contributed by atoms with Gasteiger partial charge in [0, 0.05) is 23.7 Å². The van der Waals surface area contributed by atoms with Crippen LogP contribution >= 0.6 is 11.6 Å². The van der Waals surface area contributed by atoms with Crippen LogP contribution in [0.3, 0.4) is 0 Å². The lowest BCUT2D eigenvalue weighted by Crippen LogP contribution is -2.37. The maximum absolute atomic E-state index is 13.2. The average Bonchev–Trinajstić information content (AvgIpc) is 2.81. The number of nitrogens with two attached hydrogens (primary N) is 1. The Morgan fingerprint density at radius 2 is 1.86 bits per heavy atom. The monoisotopic (exact) mass is 338 g/mol. The molecule has 1 saturated heterocycles. The van der Waals surface area contributed by atoms with Crippen molar-refractivity contribution in [1.82, 2.24) is 4.90 Å². The molecule has 9 heteroatoms. The summed E-state index contributed by atoms with van der Waals surface area (Å²) in [7, 11) is 0. The molecule has 2 atom stereocenters. The fourth-order valence-electron chi connectivity index (χ4n) is 2.45. The second-order valence-corrected chi connectivity index (χ2v) is 5.46. The zero-order valence-electron chi connectivity index (χ0n) is 11.0. The van der Waals surface area contributed by atoms with E-state index in [1.54, 1.807) is 0 Å². The van der Waals surface area contributed by atoms with Gasteiger partial charge in [-0.3, -0.25) is 9.59 Å². The lowest BCUT2D eigenvalue weighted by atomic mass is 9.95. The summed E-state index contributed by atoms with van der Waals surface area (Å²) in [4.78, 5) is 24.2. The van der Waals surface area contributed by atoms with Crippen molar-refractivity contribution < 1.29 is 27.2 Å². The molecule has 0 saturated carbocycles. The highest BCUT2D eigenvalue weighted by Gasteiger charge is 2.52. The molecule has 1 aromatic rings. The molecule has 0 bridgehead atoms. The van der Waals surface area contributed by atoms with E-state index in [0.717, 1.165) is 23.1 Å². The third kappa shape index (κ3) is 3.32. The predicted molar refractivity (Wildman–Crippen MR) is 69.5 cm³/mol. The lowest BCUT2D eigenvalue weighted by molar-refractivity contribution is -0.182. The number of carbonyl (C=O) groups is 2. The number of carbonyl (C=O) groups excluding carboxylic acids is 2. The molecule has 1 aliphatic heterocycles. The van der Waals surface area contributed by atoms with Crippen LogP contribution in [0.25, 0.3) is 0 Å². The maximum atomic E-state index is 13.2. The van der Waals surface area contributed by atoms with E-state index < -0.39 is 48.7 Å². The molecule has 1 aliphatic rings. The third-order valence-corrected chi connectivity index (χ3v) is 3.72. The Morgan fingerprint density at radius 3 is 2.32 bits per heavy atom. The Morgan fingerprint density at radius 1 is 1.23 bits per heavy atom. The maximum Gasteiger partial charge on any atom is 0.394 e. The highest BCUT2D eigenvalue weighted by molar-refractivity contribution is 6.31. The van der Waals surface area contributed by atoms with E-state index in [9.17, 15) is 27.2 Å². The smallest absolute Gasteiger partial charge is 0.369 e. The Hall–Kier alpha value is -1.83. The first-order valence-electron chi connectivity index (χ1n) is 6.21. The van der Waals surface area contributed by atoms with Crippen LogP contribution in [0.15, 0.2) is 18.2 Å². The molecule has 0 spiro atoms. The highest BCUT2D eigenvalue weighted by Crippen LogP contribution is 2.38. The number of amides is 2. The SMILES string of the molecule is NC(=O)[C@@H]1CN(C(=O)c2cc(F)cc(Cl)c2)C[C@H]1C(F)(F)F. The van der Waals surface area contributed by atoms with Gasteiger partial charge in [0.2, 0.25) is 5.91 Å². The zero-order valence-corrected chi connectivity index (χ0v) is 11.8. The number of rotatable bonds is 2. The molecule has 0 aliphatic carbocycles. The van der Waals surface area contributed by atoms with Gasteiger partial charge in [0.1, 0.15) is 5.82 Å². The first-order chi connectivity index (χ1) is 10.1. The molecule has 120 valence electrons. The number of nitrogens with zero attached hydrogens (tertiary/aromatic N) is 1. The Labute approximate surface area is 127 Å². The third-order valence-electron chi connectivity index (χ3n) is 3.50. The quantitative estimate of drug-likeness (QED) is 0.840. The second kappa shape index (κ2) is 5.75. The van der Waals surface area contributed by atoms with Crippen LogP contribution in [-0.2, 0) is 4.79 Å². The van der Waals surface area contributed by atoms with E-state index in [2.05, 4.69) is 0 Å². The minimum absolute atomic E-state index is 0.0543. The van der Waals surface area contributed by atoms with Crippen molar-refractivity contribution in [2.24, 2.45) is 17.6 Å². The van der Waals surface area contributed by atoms with Gasteiger partial charge in [-0.15, -0.1) is 0 Å². The van der Waals surface area contributed by atoms with Crippen LogP contribution in [0.5, 0.6) is 0 Å². The molecule has 2 rings (SSSR count). The van der Waals surface area contributed by atoms with E-state index in [-0.39, 0.29) is 10.6 Å². The van der Waals surface area contributed by atoms with Crippen molar-refractivity contribution in [3.05, 3.63) is 34.6 Å². The van der Waals surface area contributed by atoms with Crippen molar-refractivity contribution in [3.63, 3.8) is 0 Å². The molecule has 1 heterocycles. The minimum atomic E-state index is -4.66. The summed E-state index contributed by atoms with van der Waals surface area (Å²) in [5.41, 5.74) is 4.79. The van der Waals surface area contributed by atoms with Crippen LogP contribution in [0.1, 0.15) is 10.4 Å². The fraction of sp³-hybridized carbons (Fsp3) is 0.385. The van der Waals surface area contributed by atoms with Gasteiger partial charge < -0.3 is 10.6 Å². The number of likely N-dealkylation sites (tertiary alicyclic amines) is 1. The topological polar surface area (TPSA) is 63.4 Å². The number of hydrogen-bond donors (Lipinski definition) is 1. The van der Waals surface area contributed by atoms with Gasteiger partial charge >= 0.3 is 6.18 Å². The summed E-state index contributed by atoms with van der Waals surface area (Å²) in [6.07, 6.45) is -4.66. The van der Waals surface area contributed by atoms with Gasteiger partial charge in [-0.05, 0) is 18.2 Å². The molecule has 1 fully saturated rings. The zero-order chi connectivity index (χ0) is 16.7. The molecule has 1 aromatic carbocycles. The highest BCUT2D eigenvalue weighted by atomic mass is 35.5. The van der Waals surface area contributed by atoms with Crippen molar-refractivity contribution in [2.75, 3.05) is 13.1 Å². The molecule has 0 aromatic heterocycles. The molecule has 0 radical (unpaired) electrons. The van der Waals surface area contributed by atoms with Gasteiger partial charge in [0.25, 0.3) is 5.91 Å². The van der Waals surface area contributed by atoms with E-state index in [1.165, 1.54) is 0 Å². The molecule has 0 unspecified atom stereocenters. The van der Waals surface area contributed by atoms with Crippen LogP contribution < -0.4 is 5.73 Å². The lowest BCUT2D eigenvalue weighted by Gasteiger charge is -2.18. The molecule has 4 nitrogen and oxygen atoms in total. The van der Waals surface area contributed by atoms with E-state index in [0.29, 0.717) is 0 Å². The van der Waals surface area contributed by atoms with Crippen LogP contribution in [0, 0.1) is 17.7 Å². The number of primary amides is 1. The Kier molecular flexibility index (Phi) is 4.32. The fourth-order valence-corrected chi connectivity index (χ4v) is 2.67. The molecular weight excluding hydrogens is 328 g/mol. The largest absolute Gasteiger partial charge is 0.394 e. The van der Waals surface area contributed by atoms with Gasteiger partial charge in [-0.2, -0.15) is 13.2 Å². The summed E-state index contributed by atoms with van der Waals surface area (Å²) in [5.74, 6) is -6.30. The van der Waals surface area contributed by atoms with E-state index in [4.69, 9.17) is 17.3 Å². The van der Waals surface area contributed by atoms with Crippen molar-refractivity contribution in [2.45, 2.75) is 6.18 Å². The van der Waals surface area contributed by atoms with Crippen LogP contribution in [0.4, 0.5) is 17.6 Å². The molecular formula is C13H11ClF4N2O2. The standard InChI is InChI=1S/C13H11ClF4N2O2/c14-7-1-6(2-8(15)3-7)12(22)20-4-9(11(19)21)10(5-20)13(16,17)18/h1-3,9-10H,4-5H2,(H2,19,21)/t9-,10-/m1/s1. The first-order valence-corrected chi connectivity index (χ1v) is 6.59. The second-order valence-electron chi connectivity index (χ2n) is 5.03. The summed E-state index contributed by atoms with van der Waals surface area (Å²) < 4.78 is 52.0. The van der Waals surface area contributed by atoms with Gasteiger partial charge in [0.15, 0.2) is 0 Å². The van der Waals surface area contributed by atoms with Crippen molar-refractivity contribution in [1.29, 1.82) is 0 Å². The van der Waals surface area contributed by atoms with E-state index in [1.807, 2.05) is 0 Å². The van der Waals surface area contributed by atoms with Crippen LogP contribution in [0.2, 0.25) is 5.02 Å².